The van der Waals surface area contributed by atoms with E-state index >= 15 is 0 Å². The third-order valence-electron chi connectivity index (χ3n) is 9.06. The Hall–Kier alpha value is -3.41. The van der Waals surface area contributed by atoms with E-state index in [0.29, 0.717) is 55.4 Å². The monoisotopic (exact) mass is 588 g/mol. The van der Waals surface area contributed by atoms with Crippen molar-refractivity contribution in [3.63, 3.8) is 0 Å². The molecule has 2 saturated heterocycles. The highest BCUT2D eigenvalue weighted by molar-refractivity contribution is 5.98. The molecule has 3 fully saturated rings. The van der Waals surface area contributed by atoms with Crippen molar-refractivity contribution in [1.29, 1.82) is 0 Å². The van der Waals surface area contributed by atoms with E-state index in [4.69, 9.17) is 9.72 Å². The number of amides is 2. The maximum absolute atomic E-state index is 13.9. The highest BCUT2D eigenvalue weighted by atomic mass is 19.4. The van der Waals surface area contributed by atoms with E-state index in [-0.39, 0.29) is 49.6 Å². The van der Waals surface area contributed by atoms with Gasteiger partial charge in [0.25, 0.3) is 5.91 Å². The van der Waals surface area contributed by atoms with Gasteiger partial charge in [-0.15, -0.1) is 0 Å². The van der Waals surface area contributed by atoms with Crippen molar-refractivity contribution in [2.75, 3.05) is 51.3 Å². The van der Waals surface area contributed by atoms with Crippen molar-refractivity contribution < 1.29 is 27.5 Å². The van der Waals surface area contributed by atoms with Gasteiger partial charge in [0.2, 0.25) is 11.8 Å². The number of alkyl halides is 3. The molecule has 1 N–H and O–H groups in total. The number of piperazine rings is 1. The number of pyridine rings is 2. The molecule has 0 radical (unpaired) electrons. The topological polar surface area (TPSA) is 90.9 Å². The fourth-order valence-corrected chi connectivity index (χ4v) is 6.12. The molecule has 1 saturated carbocycles. The average Bonchev–Trinajstić information content (AvgIpc) is 2.94. The SMILES string of the molecule is CCOc1ncccc1-c1ccc(N2CCN(C(=O)C3(C(F)(F)F)CCC3)C[C@H]2CC)c(C(=O)NC[C@@H]2CCN2C)n1. The number of ether oxygens (including phenoxy) is 1. The van der Waals surface area contributed by atoms with Crippen LogP contribution >= 0.6 is 0 Å². The number of anilines is 1. The number of hydrogen-bond donors (Lipinski definition) is 1. The van der Waals surface area contributed by atoms with Crippen LogP contribution in [-0.2, 0) is 4.79 Å². The van der Waals surface area contributed by atoms with Crippen molar-refractivity contribution in [3.8, 4) is 17.1 Å². The van der Waals surface area contributed by atoms with Crippen LogP contribution in [0.4, 0.5) is 18.9 Å². The van der Waals surface area contributed by atoms with Gasteiger partial charge < -0.3 is 24.8 Å². The Bertz CT molecular complexity index is 1300. The Morgan fingerprint density at radius 2 is 1.90 bits per heavy atom. The third kappa shape index (κ3) is 5.52. The van der Waals surface area contributed by atoms with E-state index in [2.05, 4.69) is 15.2 Å². The van der Waals surface area contributed by atoms with Gasteiger partial charge in [0.15, 0.2) is 5.69 Å². The first-order valence-corrected chi connectivity index (χ1v) is 14.8. The van der Waals surface area contributed by atoms with E-state index in [1.165, 1.54) is 4.90 Å². The summed E-state index contributed by atoms with van der Waals surface area (Å²) in [5.41, 5.74) is -0.268. The third-order valence-corrected chi connectivity index (χ3v) is 9.06. The van der Waals surface area contributed by atoms with Crippen LogP contribution in [0.2, 0.25) is 0 Å². The van der Waals surface area contributed by atoms with E-state index in [0.717, 1.165) is 13.0 Å². The van der Waals surface area contributed by atoms with Crippen LogP contribution < -0.4 is 15.0 Å². The van der Waals surface area contributed by atoms with Gasteiger partial charge in [-0.1, -0.05) is 13.3 Å². The van der Waals surface area contributed by atoms with Crippen LogP contribution in [0.15, 0.2) is 30.5 Å². The number of carbonyl (C=O) groups excluding carboxylic acids is 2. The van der Waals surface area contributed by atoms with Crippen LogP contribution in [0.1, 0.15) is 56.4 Å². The summed E-state index contributed by atoms with van der Waals surface area (Å²) in [6.07, 6.45) is -1.27. The second kappa shape index (κ2) is 12.1. The fraction of sp³-hybridized carbons (Fsp3) is 0.600. The summed E-state index contributed by atoms with van der Waals surface area (Å²) in [4.78, 5) is 41.5. The average molecular weight is 589 g/mol. The van der Waals surface area contributed by atoms with Gasteiger partial charge in [-0.3, -0.25) is 9.59 Å². The second-order valence-corrected chi connectivity index (χ2v) is 11.4. The van der Waals surface area contributed by atoms with Crippen molar-refractivity contribution >= 4 is 17.5 Å². The number of aromatic nitrogens is 2. The molecule has 2 aromatic rings. The normalized spacial score (nSPS) is 22.2. The van der Waals surface area contributed by atoms with Gasteiger partial charge in [0.05, 0.1) is 23.6 Å². The first-order chi connectivity index (χ1) is 20.1. The number of likely N-dealkylation sites (tertiary alicyclic amines) is 1. The Morgan fingerprint density at radius 3 is 2.50 bits per heavy atom. The van der Waals surface area contributed by atoms with Crippen LogP contribution in [-0.4, -0.2) is 96.2 Å². The first kappa shape index (κ1) is 30.1. The van der Waals surface area contributed by atoms with E-state index in [1.54, 1.807) is 12.3 Å². The molecule has 5 rings (SSSR count). The lowest BCUT2D eigenvalue weighted by molar-refractivity contribution is -0.248. The predicted octanol–water partition coefficient (Wildman–Crippen LogP) is 4.14. The number of nitrogens with one attached hydrogen (secondary N) is 1. The number of carbonyl (C=O) groups is 2. The Kier molecular flexibility index (Phi) is 8.63. The van der Waals surface area contributed by atoms with Crippen LogP contribution in [0.3, 0.4) is 0 Å². The standard InChI is InChI=1S/C30H39F3N6O3/c1-4-20-19-38(28(41)29(12-7-13-29)30(31,32)33)16-17-39(20)24-10-9-23(22-8-6-14-34-27(22)42-5-2)36-25(24)26(40)35-18-21-11-15-37(21)3/h6,8-10,14,20-21H,4-5,7,11-13,15-19H2,1-3H3,(H,35,40)/t20-,21+/m1/s1. The molecule has 2 aromatic heterocycles. The second-order valence-electron chi connectivity index (χ2n) is 11.4. The van der Waals surface area contributed by atoms with E-state index in [1.807, 2.05) is 44.0 Å². The Balaban J connectivity index is 1.44. The smallest absolute Gasteiger partial charge is 0.403 e. The zero-order valence-electron chi connectivity index (χ0n) is 24.4. The molecular weight excluding hydrogens is 549 g/mol. The molecule has 0 bridgehead atoms. The Labute approximate surface area is 244 Å². The first-order valence-electron chi connectivity index (χ1n) is 14.8. The van der Waals surface area contributed by atoms with Crippen molar-refractivity contribution in [3.05, 3.63) is 36.2 Å². The minimum absolute atomic E-state index is 0.139. The molecule has 0 aromatic carbocycles. The van der Waals surface area contributed by atoms with Gasteiger partial charge in [0, 0.05) is 44.5 Å². The lowest BCUT2D eigenvalue weighted by Crippen LogP contribution is -2.62. The zero-order valence-corrected chi connectivity index (χ0v) is 24.4. The molecule has 9 nitrogen and oxygen atoms in total. The molecule has 2 atom stereocenters. The molecule has 4 heterocycles. The highest BCUT2D eigenvalue weighted by Crippen LogP contribution is 2.54. The summed E-state index contributed by atoms with van der Waals surface area (Å²) in [6.45, 7) is 6.27. The van der Waals surface area contributed by atoms with E-state index in [9.17, 15) is 22.8 Å². The highest BCUT2D eigenvalue weighted by Gasteiger charge is 2.64. The van der Waals surface area contributed by atoms with Crippen molar-refractivity contribution in [1.82, 2.24) is 25.1 Å². The molecule has 2 amide bonds. The summed E-state index contributed by atoms with van der Waals surface area (Å²) in [7, 11) is 2.02. The minimum Gasteiger partial charge on any atom is -0.477 e. The lowest BCUT2D eigenvalue weighted by Gasteiger charge is -2.48. The predicted molar refractivity (Wildman–Crippen MR) is 152 cm³/mol. The number of halogens is 3. The minimum atomic E-state index is -4.56. The lowest BCUT2D eigenvalue weighted by atomic mass is 9.67. The molecule has 228 valence electrons. The van der Waals surface area contributed by atoms with Crippen molar-refractivity contribution in [2.24, 2.45) is 5.41 Å². The summed E-state index contributed by atoms with van der Waals surface area (Å²) >= 11 is 0. The number of hydrogen-bond acceptors (Lipinski definition) is 7. The van der Waals surface area contributed by atoms with E-state index < -0.39 is 17.5 Å². The molecule has 2 aliphatic heterocycles. The largest absolute Gasteiger partial charge is 0.477 e. The zero-order chi connectivity index (χ0) is 30.1. The molecule has 42 heavy (non-hydrogen) atoms. The van der Waals surface area contributed by atoms with Crippen LogP contribution in [0.5, 0.6) is 5.88 Å². The van der Waals surface area contributed by atoms with Crippen LogP contribution in [0.25, 0.3) is 11.3 Å². The quantitative estimate of drug-likeness (QED) is 0.471. The van der Waals surface area contributed by atoms with Gasteiger partial charge >= 0.3 is 6.18 Å². The molecular formula is C30H39F3N6O3. The fourth-order valence-electron chi connectivity index (χ4n) is 6.12. The van der Waals surface area contributed by atoms with Gasteiger partial charge in [-0.2, -0.15) is 13.2 Å². The summed E-state index contributed by atoms with van der Waals surface area (Å²) in [6, 6.07) is 7.23. The molecule has 1 aliphatic carbocycles. The molecule has 0 spiro atoms. The van der Waals surface area contributed by atoms with Crippen molar-refractivity contribution in [2.45, 2.75) is 64.2 Å². The van der Waals surface area contributed by atoms with Crippen LogP contribution in [0, 0.1) is 5.41 Å². The summed E-state index contributed by atoms with van der Waals surface area (Å²) in [5, 5.41) is 3.03. The molecule has 0 unspecified atom stereocenters. The Morgan fingerprint density at radius 1 is 1.12 bits per heavy atom. The number of rotatable bonds is 9. The van der Waals surface area contributed by atoms with Gasteiger partial charge in [-0.05, 0) is 70.5 Å². The maximum atomic E-state index is 13.9. The van der Waals surface area contributed by atoms with Gasteiger partial charge in [-0.25, -0.2) is 9.97 Å². The molecule has 3 aliphatic rings. The summed E-state index contributed by atoms with van der Waals surface area (Å²) < 4.78 is 47.5. The number of nitrogens with zero attached hydrogens (tertiary/aromatic N) is 5. The maximum Gasteiger partial charge on any atom is 0.403 e. The van der Waals surface area contributed by atoms with Gasteiger partial charge in [0.1, 0.15) is 5.41 Å². The number of likely N-dealkylation sites (N-methyl/N-ethyl adjacent to an activating group) is 1. The molecule has 12 heteroatoms. The summed E-state index contributed by atoms with van der Waals surface area (Å²) in [5.74, 6) is -0.737.